The summed E-state index contributed by atoms with van der Waals surface area (Å²) >= 11 is 1.11. The van der Waals surface area contributed by atoms with E-state index in [4.69, 9.17) is 0 Å². The van der Waals surface area contributed by atoms with Crippen LogP contribution in [0.3, 0.4) is 0 Å². The van der Waals surface area contributed by atoms with E-state index in [0.717, 1.165) is 42.7 Å². The lowest BCUT2D eigenvalue weighted by Crippen LogP contribution is -2.42. The van der Waals surface area contributed by atoms with Crippen molar-refractivity contribution >= 4 is 22.2 Å². The molecule has 1 fully saturated rings. The van der Waals surface area contributed by atoms with E-state index < -0.39 is 4.92 Å². The van der Waals surface area contributed by atoms with Crippen molar-refractivity contribution in [1.29, 1.82) is 0 Å². The van der Waals surface area contributed by atoms with Gasteiger partial charge in [-0.25, -0.2) is 0 Å². The van der Waals surface area contributed by atoms with Crippen LogP contribution in [-0.2, 0) is 11.3 Å². The molecule has 2 rings (SSSR count). The van der Waals surface area contributed by atoms with Crippen molar-refractivity contribution in [1.82, 2.24) is 10.6 Å². The third kappa shape index (κ3) is 3.27. The number of hydrogen-bond donors (Lipinski definition) is 2. The molecule has 18 heavy (non-hydrogen) atoms. The number of amides is 1. The van der Waals surface area contributed by atoms with Crippen molar-refractivity contribution in [3.8, 4) is 0 Å². The number of nitrogens with zero attached hydrogens (tertiary/aromatic N) is 1. The first kappa shape index (κ1) is 13.0. The van der Waals surface area contributed by atoms with E-state index in [1.54, 1.807) is 11.4 Å². The Morgan fingerprint density at radius 2 is 2.39 bits per heavy atom. The molecule has 6 nitrogen and oxygen atoms in total. The van der Waals surface area contributed by atoms with E-state index in [1.807, 2.05) is 0 Å². The Bertz CT molecular complexity index is 446. The van der Waals surface area contributed by atoms with Gasteiger partial charge in [-0.2, -0.15) is 0 Å². The molecule has 1 saturated heterocycles. The fourth-order valence-electron chi connectivity index (χ4n) is 1.93. The van der Waals surface area contributed by atoms with Gasteiger partial charge in [0.25, 0.3) is 0 Å². The van der Waals surface area contributed by atoms with Crippen molar-refractivity contribution in [3.63, 3.8) is 0 Å². The number of carbonyl (C=O) groups is 1. The monoisotopic (exact) mass is 269 g/mol. The maximum Gasteiger partial charge on any atom is 0.324 e. The van der Waals surface area contributed by atoms with Gasteiger partial charge < -0.3 is 10.6 Å². The number of nitro groups is 1. The number of rotatable bonds is 4. The highest BCUT2D eigenvalue weighted by atomic mass is 32.1. The predicted molar refractivity (Wildman–Crippen MR) is 68.5 cm³/mol. The van der Waals surface area contributed by atoms with Gasteiger partial charge in [0.05, 0.1) is 11.0 Å². The van der Waals surface area contributed by atoms with Crippen molar-refractivity contribution in [3.05, 3.63) is 27.1 Å². The zero-order valence-corrected chi connectivity index (χ0v) is 10.7. The first-order valence-corrected chi connectivity index (χ1v) is 6.77. The number of thiophene rings is 1. The predicted octanol–water partition coefficient (Wildman–Crippen LogP) is 1.41. The van der Waals surface area contributed by atoms with Crippen molar-refractivity contribution in [2.45, 2.75) is 31.8 Å². The summed E-state index contributed by atoms with van der Waals surface area (Å²) in [5, 5.41) is 18.4. The molecule has 1 aliphatic heterocycles. The standard InChI is InChI=1S/C11H15N3O3S/c15-11-9(3-1-2-4-12-11)13-6-8-5-10(14(16)17)18-7-8/h5,7,9,13H,1-4,6H2,(H,12,15). The summed E-state index contributed by atoms with van der Waals surface area (Å²) in [5.41, 5.74) is 0.851. The van der Waals surface area contributed by atoms with Crippen molar-refractivity contribution < 1.29 is 9.72 Å². The Kier molecular flexibility index (Phi) is 4.27. The Balaban J connectivity index is 1.89. The average Bonchev–Trinajstić information content (AvgIpc) is 2.72. The molecular weight excluding hydrogens is 254 g/mol. The lowest BCUT2D eigenvalue weighted by molar-refractivity contribution is -0.380. The zero-order valence-electron chi connectivity index (χ0n) is 9.85. The van der Waals surface area contributed by atoms with E-state index in [2.05, 4.69) is 10.6 Å². The third-order valence-electron chi connectivity index (χ3n) is 2.91. The molecule has 0 radical (unpaired) electrons. The van der Waals surface area contributed by atoms with Crippen LogP contribution in [0.2, 0.25) is 0 Å². The number of carbonyl (C=O) groups excluding carboxylic acids is 1. The van der Waals surface area contributed by atoms with Crippen LogP contribution in [0.4, 0.5) is 5.00 Å². The maximum atomic E-state index is 11.7. The molecule has 0 bridgehead atoms. The molecule has 0 aliphatic carbocycles. The highest BCUT2D eigenvalue weighted by molar-refractivity contribution is 7.13. The Morgan fingerprint density at radius 3 is 3.11 bits per heavy atom. The smallest absolute Gasteiger partial charge is 0.324 e. The number of hydrogen-bond acceptors (Lipinski definition) is 5. The van der Waals surface area contributed by atoms with Crippen LogP contribution in [0.15, 0.2) is 11.4 Å². The lowest BCUT2D eigenvalue weighted by Gasteiger charge is -2.14. The summed E-state index contributed by atoms with van der Waals surface area (Å²) in [6, 6.07) is 1.36. The largest absolute Gasteiger partial charge is 0.355 e. The molecule has 0 aromatic carbocycles. The molecule has 0 spiro atoms. The van der Waals surface area contributed by atoms with Crippen LogP contribution in [0.25, 0.3) is 0 Å². The summed E-state index contributed by atoms with van der Waals surface area (Å²) in [7, 11) is 0. The quantitative estimate of drug-likeness (QED) is 0.639. The first-order valence-electron chi connectivity index (χ1n) is 5.89. The fourth-order valence-corrected chi connectivity index (χ4v) is 2.66. The molecule has 2 heterocycles. The Hall–Kier alpha value is -1.47. The van der Waals surface area contributed by atoms with Gasteiger partial charge >= 0.3 is 5.00 Å². The average molecular weight is 269 g/mol. The van der Waals surface area contributed by atoms with E-state index in [1.165, 1.54) is 0 Å². The minimum Gasteiger partial charge on any atom is -0.355 e. The summed E-state index contributed by atoms with van der Waals surface area (Å²) in [6.07, 6.45) is 2.84. The number of nitrogens with one attached hydrogen (secondary N) is 2. The fraction of sp³-hybridized carbons (Fsp3) is 0.545. The molecule has 0 saturated carbocycles. The van der Waals surface area contributed by atoms with E-state index in [0.29, 0.717) is 6.54 Å². The minimum atomic E-state index is -0.396. The maximum absolute atomic E-state index is 11.7. The van der Waals surface area contributed by atoms with Gasteiger partial charge in [-0.3, -0.25) is 14.9 Å². The second-order valence-electron chi connectivity index (χ2n) is 4.27. The second-order valence-corrected chi connectivity index (χ2v) is 5.16. The van der Waals surface area contributed by atoms with Crippen LogP contribution < -0.4 is 10.6 Å². The summed E-state index contributed by atoms with van der Waals surface area (Å²) in [5.74, 6) is 0.0252. The van der Waals surface area contributed by atoms with E-state index in [9.17, 15) is 14.9 Å². The molecule has 1 aromatic heterocycles. The summed E-state index contributed by atoms with van der Waals surface area (Å²) in [6.45, 7) is 1.23. The zero-order chi connectivity index (χ0) is 13.0. The SMILES string of the molecule is O=C1NCCCCC1NCc1csc([N+](=O)[O-])c1. The summed E-state index contributed by atoms with van der Waals surface area (Å²) < 4.78 is 0. The molecule has 1 aromatic rings. The van der Waals surface area contributed by atoms with Gasteiger partial charge in [-0.05, 0) is 24.8 Å². The van der Waals surface area contributed by atoms with Crippen LogP contribution in [0.5, 0.6) is 0 Å². The molecule has 1 atom stereocenters. The Morgan fingerprint density at radius 1 is 1.56 bits per heavy atom. The van der Waals surface area contributed by atoms with Gasteiger partial charge in [0, 0.05) is 24.5 Å². The second kappa shape index (κ2) is 5.92. The van der Waals surface area contributed by atoms with Crippen molar-refractivity contribution in [2.75, 3.05) is 6.54 Å². The van der Waals surface area contributed by atoms with Gasteiger partial charge in [0.2, 0.25) is 5.91 Å². The van der Waals surface area contributed by atoms with Gasteiger partial charge in [0.15, 0.2) is 0 Å². The molecular formula is C11H15N3O3S. The lowest BCUT2D eigenvalue weighted by atomic mass is 10.1. The van der Waals surface area contributed by atoms with Gasteiger partial charge in [-0.1, -0.05) is 11.3 Å². The minimum absolute atomic E-state index is 0.0252. The molecule has 2 N–H and O–H groups in total. The topological polar surface area (TPSA) is 84.3 Å². The van der Waals surface area contributed by atoms with Crippen LogP contribution in [0, 0.1) is 10.1 Å². The van der Waals surface area contributed by atoms with E-state index >= 15 is 0 Å². The first-order chi connectivity index (χ1) is 8.66. The molecule has 1 aliphatic rings. The highest BCUT2D eigenvalue weighted by Gasteiger charge is 2.20. The van der Waals surface area contributed by atoms with Crippen LogP contribution in [-0.4, -0.2) is 23.4 Å². The van der Waals surface area contributed by atoms with Crippen molar-refractivity contribution in [2.24, 2.45) is 0 Å². The molecule has 1 amide bonds. The normalized spacial score (nSPS) is 20.2. The molecule has 98 valence electrons. The van der Waals surface area contributed by atoms with Gasteiger partial charge in [0.1, 0.15) is 0 Å². The van der Waals surface area contributed by atoms with Crippen LogP contribution >= 0.6 is 11.3 Å². The Labute approximate surface area is 109 Å². The third-order valence-corrected chi connectivity index (χ3v) is 3.84. The van der Waals surface area contributed by atoms with Gasteiger partial charge in [-0.15, -0.1) is 0 Å². The summed E-state index contributed by atoms with van der Waals surface area (Å²) in [4.78, 5) is 21.8. The highest BCUT2D eigenvalue weighted by Crippen LogP contribution is 2.22. The molecule has 1 unspecified atom stereocenters. The van der Waals surface area contributed by atoms with Crippen LogP contribution in [0.1, 0.15) is 24.8 Å². The molecule has 7 heteroatoms. The van der Waals surface area contributed by atoms with E-state index in [-0.39, 0.29) is 17.0 Å².